The van der Waals surface area contributed by atoms with E-state index in [9.17, 15) is 9.59 Å². The lowest BCUT2D eigenvalue weighted by Crippen LogP contribution is -2.23. The number of thioether (sulfide) groups is 1. The molecule has 0 aliphatic rings. The molecule has 0 spiro atoms. The molecule has 10 heteroatoms. The minimum absolute atomic E-state index is 0.104. The number of hydrogen-bond acceptors (Lipinski definition) is 7. The SMILES string of the molecule is COC(=O)CSC(C)C(=O)Nc1nnc(-c2ccc(Cl)cc2Cl)s1. The molecule has 2 aromatic rings. The van der Waals surface area contributed by atoms with Gasteiger partial charge in [-0.1, -0.05) is 34.5 Å². The monoisotopic (exact) mass is 405 g/mol. The van der Waals surface area contributed by atoms with E-state index in [2.05, 4.69) is 20.3 Å². The Bertz CT molecular complexity index is 755. The zero-order valence-corrected chi connectivity index (χ0v) is 15.9. The highest BCUT2D eigenvalue weighted by atomic mass is 35.5. The van der Waals surface area contributed by atoms with Crippen LogP contribution in [0.2, 0.25) is 10.0 Å². The fourth-order valence-corrected chi connectivity index (χ4v) is 3.63. The van der Waals surface area contributed by atoms with Gasteiger partial charge in [-0.2, -0.15) is 0 Å². The lowest BCUT2D eigenvalue weighted by molar-refractivity contribution is -0.137. The van der Waals surface area contributed by atoms with Gasteiger partial charge >= 0.3 is 5.97 Å². The third-order valence-corrected chi connectivity index (χ3v) is 5.40. The highest BCUT2D eigenvalue weighted by Crippen LogP contribution is 2.33. The average Bonchev–Trinajstić information content (AvgIpc) is 3.00. The molecule has 6 nitrogen and oxygen atoms in total. The Morgan fingerprint density at radius 1 is 1.38 bits per heavy atom. The number of hydrogen-bond donors (Lipinski definition) is 1. The van der Waals surface area contributed by atoms with Crippen LogP contribution in [0.15, 0.2) is 18.2 Å². The maximum Gasteiger partial charge on any atom is 0.315 e. The van der Waals surface area contributed by atoms with Crippen LogP contribution < -0.4 is 5.32 Å². The van der Waals surface area contributed by atoms with Crippen LogP contribution in [0.5, 0.6) is 0 Å². The van der Waals surface area contributed by atoms with E-state index in [1.807, 2.05) is 0 Å². The summed E-state index contributed by atoms with van der Waals surface area (Å²) >= 11 is 14.4. The predicted octanol–water partition coefficient (Wildman–Crippen LogP) is 3.75. The number of rotatable bonds is 6. The Hall–Kier alpha value is -1.35. The van der Waals surface area contributed by atoms with Gasteiger partial charge in [0.25, 0.3) is 0 Å². The Morgan fingerprint density at radius 2 is 2.12 bits per heavy atom. The van der Waals surface area contributed by atoms with Crippen LogP contribution in [-0.2, 0) is 14.3 Å². The van der Waals surface area contributed by atoms with Crippen molar-refractivity contribution in [3.05, 3.63) is 28.2 Å². The van der Waals surface area contributed by atoms with Gasteiger partial charge in [0, 0.05) is 10.6 Å². The van der Waals surface area contributed by atoms with Gasteiger partial charge in [0.05, 0.1) is 23.1 Å². The standard InChI is InChI=1S/C14H13Cl2N3O3S2/c1-7(23-6-11(20)22-2)12(21)17-14-19-18-13(24-14)9-4-3-8(15)5-10(9)16/h3-5,7H,6H2,1-2H3,(H,17,19,21). The number of nitrogens with one attached hydrogen (secondary N) is 1. The molecule has 1 aromatic heterocycles. The molecule has 0 saturated heterocycles. The summed E-state index contributed by atoms with van der Waals surface area (Å²) in [4.78, 5) is 23.2. The van der Waals surface area contributed by atoms with Gasteiger partial charge in [0.2, 0.25) is 11.0 Å². The number of carbonyl (C=O) groups is 2. The third-order valence-electron chi connectivity index (χ3n) is 2.86. The third kappa shape index (κ3) is 5.07. The molecule has 128 valence electrons. The van der Waals surface area contributed by atoms with Crippen molar-refractivity contribution >= 4 is 63.3 Å². The lowest BCUT2D eigenvalue weighted by atomic mass is 10.2. The number of halogens is 2. The fourth-order valence-electron chi connectivity index (χ4n) is 1.58. The summed E-state index contributed by atoms with van der Waals surface area (Å²) in [6, 6.07) is 5.06. The largest absolute Gasteiger partial charge is 0.468 e. The Labute approximate surface area is 156 Å². The van der Waals surface area contributed by atoms with Crippen LogP contribution in [0.4, 0.5) is 5.13 Å². The second-order valence-electron chi connectivity index (χ2n) is 4.56. The highest BCUT2D eigenvalue weighted by Gasteiger charge is 2.18. The normalized spacial score (nSPS) is 11.8. The number of benzene rings is 1. The molecule has 0 fully saturated rings. The van der Waals surface area contributed by atoms with E-state index in [1.165, 1.54) is 30.2 Å². The molecule has 0 radical (unpaired) electrons. The highest BCUT2D eigenvalue weighted by molar-refractivity contribution is 8.01. The molecule has 1 heterocycles. The summed E-state index contributed by atoms with van der Waals surface area (Å²) < 4.78 is 4.54. The van der Waals surface area contributed by atoms with Crippen molar-refractivity contribution in [1.82, 2.24) is 10.2 Å². The first-order valence-corrected chi connectivity index (χ1v) is 9.31. The lowest BCUT2D eigenvalue weighted by Gasteiger charge is -2.08. The van der Waals surface area contributed by atoms with Crippen molar-refractivity contribution in [2.45, 2.75) is 12.2 Å². The molecule has 1 aromatic carbocycles. The van der Waals surface area contributed by atoms with E-state index in [1.54, 1.807) is 25.1 Å². The average molecular weight is 406 g/mol. The number of methoxy groups -OCH3 is 1. The van der Waals surface area contributed by atoms with Gasteiger partial charge in [-0.25, -0.2) is 0 Å². The first-order chi connectivity index (χ1) is 11.4. The Balaban J connectivity index is 2.00. The first kappa shape index (κ1) is 19.0. The Morgan fingerprint density at radius 3 is 2.79 bits per heavy atom. The Kier molecular flexibility index (Phi) is 6.85. The molecule has 1 atom stereocenters. The molecule has 1 amide bonds. The number of ether oxygens (including phenoxy) is 1. The van der Waals surface area contributed by atoms with Crippen LogP contribution >= 0.6 is 46.3 Å². The molecule has 1 N–H and O–H groups in total. The molecule has 1 unspecified atom stereocenters. The molecule has 24 heavy (non-hydrogen) atoms. The van der Waals surface area contributed by atoms with E-state index < -0.39 is 5.25 Å². The minimum Gasteiger partial charge on any atom is -0.468 e. The molecule has 0 aliphatic heterocycles. The van der Waals surface area contributed by atoms with Gasteiger partial charge in [0.1, 0.15) is 0 Å². The van der Waals surface area contributed by atoms with E-state index >= 15 is 0 Å². The van der Waals surface area contributed by atoms with Crippen LogP contribution in [0.25, 0.3) is 10.6 Å². The second-order valence-corrected chi connectivity index (χ2v) is 7.71. The van der Waals surface area contributed by atoms with E-state index in [4.69, 9.17) is 23.2 Å². The van der Waals surface area contributed by atoms with Crippen LogP contribution in [0.3, 0.4) is 0 Å². The van der Waals surface area contributed by atoms with Crippen molar-refractivity contribution in [3.8, 4) is 10.6 Å². The van der Waals surface area contributed by atoms with E-state index in [0.29, 0.717) is 25.7 Å². The number of nitrogens with zero attached hydrogens (tertiary/aromatic N) is 2. The summed E-state index contributed by atoms with van der Waals surface area (Å²) in [7, 11) is 1.30. The first-order valence-electron chi connectivity index (χ1n) is 6.69. The van der Waals surface area contributed by atoms with Gasteiger partial charge in [-0.15, -0.1) is 22.0 Å². The minimum atomic E-state index is -0.435. The zero-order chi connectivity index (χ0) is 17.7. The summed E-state index contributed by atoms with van der Waals surface area (Å²) in [5.41, 5.74) is 0.687. The number of aromatic nitrogens is 2. The van der Waals surface area contributed by atoms with Crippen LogP contribution in [0.1, 0.15) is 6.92 Å². The van der Waals surface area contributed by atoms with E-state index in [0.717, 1.165) is 0 Å². The van der Waals surface area contributed by atoms with Crippen molar-refractivity contribution in [1.29, 1.82) is 0 Å². The van der Waals surface area contributed by atoms with Gasteiger partial charge in [0.15, 0.2) is 5.01 Å². The van der Waals surface area contributed by atoms with Crippen molar-refractivity contribution in [2.75, 3.05) is 18.2 Å². The maximum atomic E-state index is 12.1. The molecular formula is C14H13Cl2N3O3S2. The molecule has 0 aliphatic carbocycles. The summed E-state index contributed by atoms with van der Waals surface area (Å²) in [5.74, 6) is -0.545. The fraction of sp³-hybridized carbons (Fsp3) is 0.286. The van der Waals surface area contributed by atoms with Crippen molar-refractivity contribution in [2.24, 2.45) is 0 Å². The molecule has 0 saturated carbocycles. The topological polar surface area (TPSA) is 81.2 Å². The summed E-state index contributed by atoms with van der Waals surface area (Å²) in [5, 5.41) is 12.1. The van der Waals surface area contributed by atoms with Crippen LogP contribution in [-0.4, -0.2) is 40.2 Å². The molecule has 2 rings (SSSR count). The number of amides is 1. The summed E-state index contributed by atoms with van der Waals surface area (Å²) in [6.07, 6.45) is 0. The van der Waals surface area contributed by atoms with Crippen molar-refractivity contribution < 1.29 is 14.3 Å². The quantitative estimate of drug-likeness (QED) is 0.736. The van der Waals surface area contributed by atoms with Gasteiger partial charge < -0.3 is 4.74 Å². The number of esters is 1. The number of carbonyl (C=O) groups excluding carboxylic acids is 2. The van der Waals surface area contributed by atoms with Gasteiger partial charge in [-0.3, -0.25) is 14.9 Å². The smallest absolute Gasteiger partial charge is 0.315 e. The second kappa shape index (κ2) is 8.66. The zero-order valence-electron chi connectivity index (χ0n) is 12.7. The van der Waals surface area contributed by atoms with E-state index in [-0.39, 0.29) is 17.6 Å². The molecule has 0 bridgehead atoms. The number of anilines is 1. The van der Waals surface area contributed by atoms with Crippen molar-refractivity contribution in [3.63, 3.8) is 0 Å². The predicted molar refractivity (Wildman–Crippen MR) is 97.9 cm³/mol. The molecular weight excluding hydrogens is 393 g/mol. The van der Waals surface area contributed by atoms with Gasteiger partial charge in [-0.05, 0) is 25.1 Å². The maximum absolute atomic E-state index is 12.1. The summed E-state index contributed by atoms with van der Waals surface area (Å²) in [6.45, 7) is 1.70. The van der Waals surface area contributed by atoms with Crippen LogP contribution in [0, 0.1) is 0 Å².